The van der Waals surface area contributed by atoms with Crippen LogP contribution in [0.1, 0.15) is 34.5 Å². The minimum Gasteiger partial charge on any atom is -0.256 e. The first-order chi connectivity index (χ1) is 6.24. The van der Waals surface area contributed by atoms with Crippen LogP contribution in [-0.2, 0) is 12.8 Å². The van der Waals surface area contributed by atoms with E-state index >= 15 is 0 Å². The Kier molecular flexibility index (Phi) is 1.81. The van der Waals surface area contributed by atoms with Gasteiger partial charge in [0.05, 0.1) is 11.3 Å². The quantitative estimate of drug-likeness (QED) is 0.600. The number of aryl methyl sites for hydroxylation is 2. The Labute approximate surface area is 78.2 Å². The van der Waals surface area contributed by atoms with Gasteiger partial charge in [-0.1, -0.05) is 0 Å². The molecule has 13 heavy (non-hydrogen) atoms. The van der Waals surface area contributed by atoms with E-state index in [4.69, 9.17) is 5.26 Å². The maximum atomic E-state index is 8.94. The van der Waals surface area contributed by atoms with Crippen molar-refractivity contribution in [2.24, 2.45) is 0 Å². The predicted molar refractivity (Wildman–Crippen MR) is 50.5 cm³/mol. The molecule has 0 saturated heterocycles. The molecule has 66 valence electrons. The highest BCUT2D eigenvalue weighted by Gasteiger charge is 2.18. The van der Waals surface area contributed by atoms with Gasteiger partial charge < -0.3 is 0 Å². The Morgan fingerprint density at radius 2 is 2.08 bits per heavy atom. The first-order valence-corrected chi connectivity index (χ1v) is 4.63. The Bertz CT molecular complexity index is 399. The van der Waals surface area contributed by atoms with Crippen LogP contribution in [0.4, 0.5) is 0 Å². The standard InChI is InChI=1S/C11H12N2/c1-7-9-4-3-5-11(9)13-8(2)10(7)6-12/h3-5H2,1-2H3. The summed E-state index contributed by atoms with van der Waals surface area (Å²) in [5, 5.41) is 8.94. The Balaban J connectivity index is 2.71. The average Bonchev–Trinajstić information content (AvgIpc) is 2.53. The van der Waals surface area contributed by atoms with Gasteiger partial charge >= 0.3 is 0 Å². The van der Waals surface area contributed by atoms with Crippen molar-refractivity contribution < 1.29 is 0 Å². The fraction of sp³-hybridized carbons (Fsp3) is 0.455. The summed E-state index contributed by atoms with van der Waals surface area (Å²) in [5.41, 5.74) is 5.36. The molecule has 0 radical (unpaired) electrons. The summed E-state index contributed by atoms with van der Waals surface area (Å²) in [6, 6.07) is 2.23. The third-order valence-electron chi connectivity index (χ3n) is 2.79. The molecule has 0 saturated carbocycles. The number of fused-ring (bicyclic) bond motifs is 1. The zero-order chi connectivity index (χ0) is 9.42. The minimum atomic E-state index is 0.778. The van der Waals surface area contributed by atoms with Crippen LogP contribution in [0.3, 0.4) is 0 Å². The third-order valence-corrected chi connectivity index (χ3v) is 2.79. The lowest BCUT2D eigenvalue weighted by Crippen LogP contribution is -2.00. The molecule has 2 rings (SSSR count). The fourth-order valence-electron chi connectivity index (χ4n) is 2.10. The van der Waals surface area contributed by atoms with Gasteiger partial charge in [-0.15, -0.1) is 0 Å². The van der Waals surface area contributed by atoms with E-state index in [9.17, 15) is 0 Å². The minimum absolute atomic E-state index is 0.778. The molecule has 0 atom stereocenters. The van der Waals surface area contributed by atoms with Gasteiger partial charge in [-0.05, 0) is 44.2 Å². The van der Waals surface area contributed by atoms with Gasteiger partial charge in [-0.25, -0.2) is 0 Å². The van der Waals surface area contributed by atoms with Crippen molar-refractivity contribution in [3.05, 3.63) is 28.1 Å². The number of hydrogen-bond acceptors (Lipinski definition) is 2. The lowest BCUT2D eigenvalue weighted by atomic mass is 10.0. The Hall–Kier alpha value is -1.36. The van der Waals surface area contributed by atoms with E-state index in [1.165, 1.54) is 17.7 Å². The predicted octanol–water partition coefficient (Wildman–Crippen LogP) is 2.06. The van der Waals surface area contributed by atoms with Crippen LogP contribution in [0, 0.1) is 25.2 Å². The van der Waals surface area contributed by atoms with Gasteiger partial charge in [0, 0.05) is 5.69 Å². The molecule has 0 fully saturated rings. The van der Waals surface area contributed by atoms with E-state index in [0.29, 0.717) is 0 Å². The van der Waals surface area contributed by atoms with Crippen LogP contribution in [-0.4, -0.2) is 4.98 Å². The number of aromatic nitrogens is 1. The van der Waals surface area contributed by atoms with E-state index in [-0.39, 0.29) is 0 Å². The van der Waals surface area contributed by atoms with Gasteiger partial charge in [0.2, 0.25) is 0 Å². The van der Waals surface area contributed by atoms with Crippen molar-refractivity contribution >= 4 is 0 Å². The summed E-state index contributed by atoms with van der Waals surface area (Å²) >= 11 is 0. The smallest absolute Gasteiger partial charge is 0.101 e. The van der Waals surface area contributed by atoms with Gasteiger partial charge in [-0.2, -0.15) is 5.26 Å². The second-order valence-corrected chi connectivity index (χ2v) is 3.59. The van der Waals surface area contributed by atoms with Crippen molar-refractivity contribution in [1.29, 1.82) is 5.26 Å². The van der Waals surface area contributed by atoms with Gasteiger partial charge in [0.1, 0.15) is 6.07 Å². The molecule has 2 nitrogen and oxygen atoms in total. The maximum Gasteiger partial charge on any atom is 0.101 e. The van der Waals surface area contributed by atoms with E-state index in [1.54, 1.807) is 0 Å². The monoisotopic (exact) mass is 172 g/mol. The van der Waals surface area contributed by atoms with Crippen molar-refractivity contribution in [2.45, 2.75) is 33.1 Å². The second kappa shape index (κ2) is 2.85. The summed E-state index contributed by atoms with van der Waals surface area (Å²) in [6.07, 6.45) is 3.38. The molecular formula is C11H12N2. The van der Waals surface area contributed by atoms with E-state index in [2.05, 4.69) is 11.1 Å². The number of rotatable bonds is 0. The van der Waals surface area contributed by atoms with Crippen molar-refractivity contribution in [3.8, 4) is 6.07 Å². The van der Waals surface area contributed by atoms with Gasteiger partial charge in [0.15, 0.2) is 0 Å². The highest BCUT2D eigenvalue weighted by atomic mass is 14.7. The summed E-state index contributed by atoms with van der Waals surface area (Å²) in [4.78, 5) is 4.46. The summed E-state index contributed by atoms with van der Waals surface area (Å²) in [5.74, 6) is 0. The SMILES string of the molecule is Cc1nc2c(c(C)c1C#N)CCC2. The maximum absolute atomic E-state index is 8.94. The molecule has 0 bridgehead atoms. The first kappa shape index (κ1) is 8.25. The average molecular weight is 172 g/mol. The Morgan fingerprint density at radius 1 is 1.31 bits per heavy atom. The summed E-state index contributed by atoms with van der Waals surface area (Å²) < 4.78 is 0. The molecule has 0 unspecified atom stereocenters. The van der Waals surface area contributed by atoms with Crippen LogP contribution in [0.5, 0.6) is 0 Å². The van der Waals surface area contributed by atoms with E-state index in [1.807, 2.05) is 13.8 Å². The molecule has 1 aromatic heterocycles. The molecule has 0 aromatic carbocycles. The number of hydrogen-bond donors (Lipinski definition) is 0. The molecule has 0 aliphatic heterocycles. The molecule has 0 N–H and O–H groups in total. The zero-order valence-corrected chi connectivity index (χ0v) is 8.02. The van der Waals surface area contributed by atoms with Gasteiger partial charge in [0.25, 0.3) is 0 Å². The molecule has 1 aliphatic rings. The van der Waals surface area contributed by atoms with Crippen molar-refractivity contribution in [3.63, 3.8) is 0 Å². The first-order valence-electron chi connectivity index (χ1n) is 4.63. The lowest BCUT2D eigenvalue weighted by molar-refractivity contribution is 0.896. The van der Waals surface area contributed by atoms with Crippen LogP contribution < -0.4 is 0 Å². The normalized spacial score (nSPS) is 13.9. The second-order valence-electron chi connectivity index (χ2n) is 3.59. The summed E-state index contributed by atoms with van der Waals surface area (Å²) in [6.45, 7) is 3.96. The molecule has 2 heteroatoms. The molecule has 0 spiro atoms. The molecule has 1 aromatic rings. The molecule has 1 aliphatic carbocycles. The number of pyridine rings is 1. The largest absolute Gasteiger partial charge is 0.256 e. The molecule has 1 heterocycles. The lowest BCUT2D eigenvalue weighted by Gasteiger charge is -2.07. The van der Waals surface area contributed by atoms with E-state index in [0.717, 1.165) is 29.7 Å². The van der Waals surface area contributed by atoms with Gasteiger partial charge in [-0.3, -0.25) is 4.98 Å². The highest BCUT2D eigenvalue weighted by Crippen LogP contribution is 2.26. The number of nitrogens with zero attached hydrogens (tertiary/aromatic N) is 2. The van der Waals surface area contributed by atoms with Crippen LogP contribution in [0.2, 0.25) is 0 Å². The van der Waals surface area contributed by atoms with Crippen LogP contribution in [0.25, 0.3) is 0 Å². The number of nitriles is 1. The molecule has 0 amide bonds. The fourth-order valence-corrected chi connectivity index (χ4v) is 2.10. The highest BCUT2D eigenvalue weighted by molar-refractivity contribution is 5.47. The summed E-state index contributed by atoms with van der Waals surface area (Å²) in [7, 11) is 0. The van der Waals surface area contributed by atoms with Crippen LogP contribution >= 0.6 is 0 Å². The van der Waals surface area contributed by atoms with Crippen molar-refractivity contribution in [2.75, 3.05) is 0 Å². The zero-order valence-electron chi connectivity index (χ0n) is 8.02. The Morgan fingerprint density at radius 3 is 2.77 bits per heavy atom. The van der Waals surface area contributed by atoms with E-state index < -0.39 is 0 Å². The van der Waals surface area contributed by atoms with Crippen molar-refractivity contribution in [1.82, 2.24) is 4.98 Å². The topological polar surface area (TPSA) is 36.7 Å². The van der Waals surface area contributed by atoms with Crippen LogP contribution in [0.15, 0.2) is 0 Å². The molecular weight excluding hydrogens is 160 g/mol. The third kappa shape index (κ3) is 1.12.